The Kier molecular flexibility index (Phi) is 10.6. The number of hydrogen-bond acceptors (Lipinski definition) is 4. The Hall–Kier alpha value is -2.62. The topological polar surface area (TPSA) is 76.4 Å². The number of guanidine groups is 1. The van der Waals surface area contributed by atoms with Crippen molar-refractivity contribution < 1.29 is 4.74 Å². The smallest absolute Gasteiger partial charge is 0.191 e. The van der Waals surface area contributed by atoms with Crippen molar-refractivity contribution in [2.75, 3.05) is 20.2 Å². The van der Waals surface area contributed by atoms with Crippen LogP contribution in [0.5, 0.6) is 5.75 Å². The summed E-state index contributed by atoms with van der Waals surface area (Å²) in [7, 11) is 3.64. The van der Waals surface area contributed by atoms with E-state index in [2.05, 4.69) is 71.1 Å². The number of rotatable bonds is 9. The van der Waals surface area contributed by atoms with Crippen molar-refractivity contribution >= 4 is 29.9 Å². The Labute approximate surface area is 214 Å². The molecule has 0 aliphatic heterocycles. The fraction of sp³-hybridized carbons (Fsp3) is 0.400. The van der Waals surface area contributed by atoms with Crippen LogP contribution < -0.4 is 15.4 Å². The molecule has 1 aromatic heterocycles. The molecule has 33 heavy (non-hydrogen) atoms. The first kappa shape index (κ1) is 26.6. The van der Waals surface area contributed by atoms with Gasteiger partial charge in [0.25, 0.3) is 0 Å². The predicted octanol–water partition coefficient (Wildman–Crippen LogP) is 4.14. The predicted molar refractivity (Wildman–Crippen MR) is 145 cm³/mol. The second-order valence-corrected chi connectivity index (χ2v) is 8.10. The van der Waals surface area contributed by atoms with Gasteiger partial charge in [0.05, 0.1) is 7.11 Å². The molecule has 0 fully saturated rings. The fourth-order valence-electron chi connectivity index (χ4n) is 3.29. The molecule has 0 radical (unpaired) electrons. The van der Waals surface area contributed by atoms with Crippen LogP contribution in [0, 0.1) is 13.8 Å². The Morgan fingerprint density at radius 3 is 2.33 bits per heavy atom. The van der Waals surface area contributed by atoms with E-state index in [4.69, 9.17) is 9.73 Å². The number of aromatic nitrogens is 3. The van der Waals surface area contributed by atoms with Gasteiger partial charge in [-0.3, -0.25) is 0 Å². The van der Waals surface area contributed by atoms with E-state index in [0.717, 1.165) is 42.9 Å². The highest BCUT2D eigenvalue weighted by atomic mass is 127. The average Bonchev–Trinajstić information content (AvgIpc) is 3.13. The molecule has 1 atom stereocenters. The van der Waals surface area contributed by atoms with Crippen LogP contribution in [-0.2, 0) is 20.0 Å². The molecule has 1 unspecified atom stereocenters. The minimum absolute atomic E-state index is 0. The van der Waals surface area contributed by atoms with Crippen molar-refractivity contribution in [3.63, 3.8) is 0 Å². The second kappa shape index (κ2) is 13.2. The Morgan fingerprint density at radius 1 is 1.03 bits per heavy atom. The number of halogens is 1. The third kappa shape index (κ3) is 8.03. The molecule has 2 aromatic carbocycles. The first-order chi connectivity index (χ1) is 15.5. The van der Waals surface area contributed by atoms with Crippen molar-refractivity contribution in [1.82, 2.24) is 25.4 Å². The zero-order chi connectivity index (χ0) is 22.9. The monoisotopic (exact) mass is 562 g/mol. The lowest BCUT2D eigenvalue weighted by Gasteiger charge is -2.17. The minimum atomic E-state index is 0. The summed E-state index contributed by atoms with van der Waals surface area (Å²) in [6.07, 6.45) is 0.890. The summed E-state index contributed by atoms with van der Waals surface area (Å²) in [5, 5.41) is 15.3. The molecule has 1 heterocycles. The van der Waals surface area contributed by atoms with Gasteiger partial charge in [0.15, 0.2) is 11.8 Å². The van der Waals surface area contributed by atoms with Crippen molar-refractivity contribution in [3.05, 3.63) is 76.9 Å². The maximum atomic E-state index is 5.24. The van der Waals surface area contributed by atoms with E-state index in [1.807, 2.05) is 30.7 Å². The molecule has 0 saturated carbocycles. The molecule has 0 aliphatic carbocycles. The van der Waals surface area contributed by atoms with Gasteiger partial charge in [-0.1, -0.05) is 48.9 Å². The molecule has 2 N–H and O–H groups in total. The SMILES string of the molecule is COc1ccc(CCNC(=NCc2nnc(C)n2C)NCC(C)c2ccc(C)cc2)cc1.I. The third-order valence-corrected chi connectivity index (χ3v) is 5.65. The molecule has 0 amide bonds. The number of nitrogens with one attached hydrogen (secondary N) is 2. The van der Waals surface area contributed by atoms with Gasteiger partial charge in [0.1, 0.15) is 18.1 Å². The van der Waals surface area contributed by atoms with Gasteiger partial charge in [0.2, 0.25) is 0 Å². The number of nitrogens with zero attached hydrogens (tertiary/aromatic N) is 4. The summed E-state index contributed by atoms with van der Waals surface area (Å²) in [4.78, 5) is 4.76. The number of hydrogen-bond donors (Lipinski definition) is 2. The van der Waals surface area contributed by atoms with E-state index >= 15 is 0 Å². The lowest BCUT2D eigenvalue weighted by atomic mass is 10.0. The van der Waals surface area contributed by atoms with Crippen molar-refractivity contribution in [1.29, 1.82) is 0 Å². The summed E-state index contributed by atoms with van der Waals surface area (Å²) >= 11 is 0. The van der Waals surface area contributed by atoms with Gasteiger partial charge in [-0.25, -0.2) is 4.99 Å². The number of aliphatic imine (C=N–C) groups is 1. The van der Waals surface area contributed by atoms with E-state index in [1.54, 1.807) is 7.11 Å². The van der Waals surface area contributed by atoms with Crippen molar-refractivity contribution in [2.24, 2.45) is 12.0 Å². The number of aryl methyl sites for hydroxylation is 2. The lowest BCUT2D eigenvalue weighted by Crippen LogP contribution is -2.40. The second-order valence-electron chi connectivity index (χ2n) is 8.10. The standard InChI is InChI=1S/C25H34N6O.HI/c1-18-6-10-22(11-7-18)19(2)16-27-25(28-17-24-30-29-20(3)31(24)4)26-15-14-21-8-12-23(32-5)13-9-21;/h6-13,19H,14-17H2,1-5H3,(H2,26,27,28);1H. The zero-order valence-corrected chi connectivity index (χ0v) is 22.5. The summed E-state index contributed by atoms with van der Waals surface area (Å²) in [6, 6.07) is 16.9. The summed E-state index contributed by atoms with van der Waals surface area (Å²) in [5.74, 6) is 3.73. The minimum Gasteiger partial charge on any atom is -0.497 e. The van der Waals surface area contributed by atoms with Gasteiger partial charge in [-0.15, -0.1) is 34.2 Å². The summed E-state index contributed by atoms with van der Waals surface area (Å²) in [6.45, 7) is 8.30. The van der Waals surface area contributed by atoms with E-state index < -0.39 is 0 Å². The zero-order valence-electron chi connectivity index (χ0n) is 20.1. The average molecular weight is 563 g/mol. The van der Waals surface area contributed by atoms with Crippen LogP contribution in [0.3, 0.4) is 0 Å². The highest BCUT2D eigenvalue weighted by Gasteiger charge is 2.09. The molecule has 3 rings (SSSR count). The fourth-order valence-corrected chi connectivity index (χ4v) is 3.29. The van der Waals surface area contributed by atoms with E-state index in [-0.39, 0.29) is 24.0 Å². The summed E-state index contributed by atoms with van der Waals surface area (Å²) in [5.41, 5.74) is 3.83. The molecule has 178 valence electrons. The molecule has 3 aromatic rings. The quantitative estimate of drug-likeness (QED) is 0.233. The van der Waals surface area contributed by atoms with Gasteiger partial charge >= 0.3 is 0 Å². The number of benzene rings is 2. The van der Waals surface area contributed by atoms with Crippen LogP contribution in [0.4, 0.5) is 0 Å². The third-order valence-electron chi connectivity index (χ3n) is 5.65. The van der Waals surface area contributed by atoms with Crippen LogP contribution in [0.15, 0.2) is 53.5 Å². The van der Waals surface area contributed by atoms with E-state index in [1.165, 1.54) is 16.7 Å². The van der Waals surface area contributed by atoms with Crippen molar-refractivity contribution in [3.8, 4) is 5.75 Å². The van der Waals surface area contributed by atoms with Gasteiger partial charge < -0.3 is 19.9 Å². The number of methoxy groups -OCH3 is 1. The van der Waals surface area contributed by atoms with Gasteiger partial charge in [-0.2, -0.15) is 0 Å². The summed E-state index contributed by atoms with van der Waals surface area (Å²) < 4.78 is 7.20. The highest BCUT2D eigenvalue weighted by Crippen LogP contribution is 2.15. The first-order valence-electron chi connectivity index (χ1n) is 11.0. The molecule has 0 aliphatic rings. The van der Waals surface area contributed by atoms with Gasteiger partial charge in [-0.05, 0) is 49.4 Å². The lowest BCUT2D eigenvalue weighted by molar-refractivity contribution is 0.414. The molecule has 0 spiro atoms. The Balaban J connectivity index is 0.00000385. The molecule has 7 nitrogen and oxygen atoms in total. The highest BCUT2D eigenvalue weighted by molar-refractivity contribution is 14.0. The van der Waals surface area contributed by atoms with Crippen LogP contribution in [0.25, 0.3) is 0 Å². The van der Waals surface area contributed by atoms with Crippen LogP contribution >= 0.6 is 24.0 Å². The van der Waals surface area contributed by atoms with Crippen molar-refractivity contribution in [2.45, 2.75) is 39.7 Å². The Morgan fingerprint density at radius 2 is 1.73 bits per heavy atom. The van der Waals surface area contributed by atoms with Gasteiger partial charge in [0, 0.05) is 20.1 Å². The largest absolute Gasteiger partial charge is 0.497 e. The first-order valence-corrected chi connectivity index (χ1v) is 11.0. The molecule has 0 saturated heterocycles. The maximum Gasteiger partial charge on any atom is 0.191 e. The van der Waals surface area contributed by atoms with Crippen LogP contribution in [-0.4, -0.2) is 40.9 Å². The molecular weight excluding hydrogens is 527 g/mol. The van der Waals surface area contributed by atoms with Crippen LogP contribution in [0.2, 0.25) is 0 Å². The molecule has 0 bridgehead atoms. The normalized spacial score (nSPS) is 12.1. The Bertz CT molecular complexity index is 1010. The molecule has 8 heteroatoms. The van der Waals surface area contributed by atoms with Crippen LogP contribution in [0.1, 0.15) is 41.2 Å². The maximum absolute atomic E-state index is 5.24. The number of ether oxygens (including phenoxy) is 1. The molecular formula is C25H35IN6O. The van der Waals surface area contributed by atoms with E-state index in [0.29, 0.717) is 12.5 Å². The van der Waals surface area contributed by atoms with E-state index in [9.17, 15) is 0 Å².